The van der Waals surface area contributed by atoms with Gasteiger partial charge in [0.25, 0.3) is 0 Å². The van der Waals surface area contributed by atoms with E-state index in [2.05, 4.69) is 14.5 Å². The Kier molecular flexibility index (Phi) is 4.99. The quantitative estimate of drug-likeness (QED) is 0.786. The molecule has 0 bridgehead atoms. The lowest BCUT2D eigenvalue weighted by Gasteiger charge is -2.37. The fraction of sp³-hybridized carbons (Fsp3) is 0.583. The van der Waals surface area contributed by atoms with Gasteiger partial charge in [-0.05, 0) is 20.2 Å². The van der Waals surface area contributed by atoms with Gasteiger partial charge < -0.3 is 10.0 Å². The van der Waals surface area contributed by atoms with Crippen molar-refractivity contribution in [2.24, 2.45) is 0 Å². The summed E-state index contributed by atoms with van der Waals surface area (Å²) in [5, 5.41) is 10.2. The number of rotatable bonds is 5. The molecule has 0 amide bonds. The number of hydrogen-bond donors (Lipinski definition) is 2. The number of likely N-dealkylation sites (N-methyl/N-ethyl adjacent to an activating group) is 2. The lowest BCUT2D eigenvalue weighted by Crippen LogP contribution is -2.54. The summed E-state index contributed by atoms with van der Waals surface area (Å²) in [6.45, 7) is 2.96. The first-order chi connectivity index (χ1) is 9.79. The maximum absolute atomic E-state index is 12.2. The van der Waals surface area contributed by atoms with Gasteiger partial charge in [0.15, 0.2) is 0 Å². The van der Waals surface area contributed by atoms with Crippen LogP contribution in [-0.4, -0.2) is 75.6 Å². The molecule has 7 nitrogen and oxygen atoms in total. The van der Waals surface area contributed by atoms with Crippen molar-refractivity contribution in [2.45, 2.75) is 10.9 Å². The minimum absolute atomic E-state index is 0.0108. The van der Waals surface area contributed by atoms with Crippen LogP contribution in [0.25, 0.3) is 0 Å². The van der Waals surface area contributed by atoms with Gasteiger partial charge in [-0.25, -0.2) is 17.9 Å². The topological polar surface area (TPSA) is 90.0 Å². The van der Waals surface area contributed by atoms with Gasteiger partial charge in [-0.2, -0.15) is 0 Å². The number of piperazine rings is 1. The molecule has 1 aliphatic rings. The Bertz CT molecular complexity index is 614. The first-order valence-corrected chi connectivity index (χ1v) is 8.86. The van der Waals surface area contributed by atoms with Gasteiger partial charge in [-0.1, -0.05) is 0 Å². The third kappa shape index (κ3) is 4.01. The first-order valence-electron chi connectivity index (χ1n) is 6.50. The van der Waals surface area contributed by atoms with Crippen LogP contribution < -0.4 is 4.72 Å². The second-order valence-corrected chi connectivity index (χ2v) is 7.88. The third-order valence-electron chi connectivity index (χ3n) is 3.59. The minimum atomic E-state index is -3.66. The Hall–Kier alpha value is -1.00. The normalized spacial score (nSPS) is 21.5. The molecule has 9 heteroatoms. The van der Waals surface area contributed by atoms with Crippen molar-refractivity contribution in [3.63, 3.8) is 0 Å². The Labute approximate surface area is 128 Å². The number of thiophene rings is 1. The molecule has 0 saturated carbocycles. The zero-order valence-corrected chi connectivity index (χ0v) is 13.6. The molecule has 21 heavy (non-hydrogen) atoms. The maximum atomic E-state index is 12.2. The van der Waals surface area contributed by atoms with Gasteiger partial charge in [0.2, 0.25) is 10.0 Å². The van der Waals surface area contributed by atoms with Crippen LogP contribution >= 0.6 is 11.3 Å². The second kappa shape index (κ2) is 6.41. The van der Waals surface area contributed by atoms with Gasteiger partial charge >= 0.3 is 5.97 Å². The average molecular weight is 333 g/mol. The van der Waals surface area contributed by atoms with Crippen LogP contribution in [-0.2, 0) is 10.0 Å². The van der Waals surface area contributed by atoms with Crippen molar-refractivity contribution in [3.05, 3.63) is 16.3 Å². The Balaban J connectivity index is 2.01. The van der Waals surface area contributed by atoms with Crippen molar-refractivity contribution in [1.82, 2.24) is 14.5 Å². The minimum Gasteiger partial charge on any atom is -0.477 e. The summed E-state index contributed by atoms with van der Waals surface area (Å²) in [6.07, 6.45) is 0. The molecule has 2 rings (SSSR count). The standard InChI is InChI=1S/C12H19N3O4S2/c1-14-3-4-15(2)9(7-14)6-13-21(18,19)10-5-11(12(16)17)20-8-10/h5,8-9,13H,3-4,6-7H2,1-2H3,(H,16,17). The molecular weight excluding hydrogens is 314 g/mol. The van der Waals surface area contributed by atoms with E-state index in [1.54, 1.807) is 0 Å². The molecule has 1 unspecified atom stereocenters. The van der Waals surface area contributed by atoms with Gasteiger partial charge in [0.1, 0.15) is 4.88 Å². The van der Waals surface area contributed by atoms with E-state index in [0.717, 1.165) is 31.0 Å². The summed E-state index contributed by atoms with van der Waals surface area (Å²) >= 11 is 0.910. The smallest absolute Gasteiger partial charge is 0.345 e. The zero-order chi connectivity index (χ0) is 15.6. The summed E-state index contributed by atoms with van der Waals surface area (Å²) < 4.78 is 26.9. The Morgan fingerprint density at radius 2 is 2.19 bits per heavy atom. The number of nitrogens with one attached hydrogen (secondary N) is 1. The van der Waals surface area contributed by atoms with E-state index in [9.17, 15) is 13.2 Å². The summed E-state index contributed by atoms with van der Waals surface area (Å²) in [6, 6.07) is 1.29. The summed E-state index contributed by atoms with van der Waals surface area (Å²) in [7, 11) is 0.316. The molecule has 1 aromatic rings. The number of carboxylic acids is 1. The fourth-order valence-corrected chi connectivity index (χ4v) is 4.37. The van der Waals surface area contributed by atoms with Gasteiger partial charge in [-0.3, -0.25) is 4.90 Å². The van der Waals surface area contributed by atoms with Crippen LogP contribution in [0.15, 0.2) is 16.3 Å². The number of aromatic carboxylic acids is 1. The number of hydrogen-bond acceptors (Lipinski definition) is 6. The predicted molar refractivity (Wildman–Crippen MR) is 80.4 cm³/mol. The average Bonchev–Trinajstić information content (AvgIpc) is 2.90. The molecule has 0 aromatic carbocycles. The van der Waals surface area contributed by atoms with Crippen molar-refractivity contribution < 1.29 is 18.3 Å². The van der Waals surface area contributed by atoms with E-state index in [4.69, 9.17) is 5.11 Å². The Morgan fingerprint density at radius 1 is 1.48 bits per heavy atom. The van der Waals surface area contributed by atoms with Crippen molar-refractivity contribution in [3.8, 4) is 0 Å². The highest BCUT2D eigenvalue weighted by molar-refractivity contribution is 7.89. The number of carboxylic acid groups (broad SMARTS) is 1. The molecular formula is C12H19N3O4S2. The molecule has 2 heterocycles. The van der Waals surface area contributed by atoms with E-state index in [0.29, 0.717) is 6.54 Å². The third-order valence-corrected chi connectivity index (χ3v) is 6.06. The highest BCUT2D eigenvalue weighted by Crippen LogP contribution is 2.19. The highest BCUT2D eigenvalue weighted by Gasteiger charge is 2.25. The van der Waals surface area contributed by atoms with Crippen LogP contribution in [0.1, 0.15) is 9.67 Å². The number of nitrogens with zero attached hydrogens (tertiary/aromatic N) is 2. The highest BCUT2D eigenvalue weighted by atomic mass is 32.2. The molecule has 0 radical (unpaired) electrons. The van der Waals surface area contributed by atoms with E-state index >= 15 is 0 Å². The summed E-state index contributed by atoms with van der Waals surface area (Å²) in [4.78, 5) is 15.1. The van der Waals surface area contributed by atoms with Crippen LogP contribution in [0, 0.1) is 0 Å². The molecule has 1 saturated heterocycles. The fourth-order valence-electron chi connectivity index (χ4n) is 2.18. The van der Waals surface area contributed by atoms with Gasteiger partial charge in [0.05, 0.1) is 4.90 Å². The number of sulfonamides is 1. The van der Waals surface area contributed by atoms with E-state index < -0.39 is 16.0 Å². The molecule has 0 aliphatic carbocycles. The second-order valence-electron chi connectivity index (χ2n) is 5.20. The molecule has 118 valence electrons. The van der Waals surface area contributed by atoms with E-state index in [1.165, 1.54) is 11.4 Å². The molecule has 0 spiro atoms. The SMILES string of the molecule is CN1CCN(C)C(CNS(=O)(=O)c2csc(C(=O)O)c2)C1. The monoisotopic (exact) mass is 333 g/mol. The van der Waals surface area contributed by atoms with Crippen molar-refractivity contribution in [1.29, 1.82) is 0 Å². The number of carbonyl (C=O) groups is 1. The van der Waals surface area contributed by atoms with Crippen LogP contribution in [0.4, 0.5) is 0 Å². The summed E-state index contributed by atoms with van der Waals surface area (Å²) in [5.41, 5.74) is 0. The van der Waals surface area contributed by atoms with Gasteiger partial charge in [0, 0.05) is 37.6 Å². The predicted octanol–water partition coefficient (Wildman–Crippen LogP) is -0.0296. The maximum Gasteiger partial charge on any atom is 0.345 e. The van der Waals surface area contributed by atoms with E-state index in [-0.39, 0.29) is 15.8 Å². The molecule has 1 aliphatic heterocycles. The molecule has 1 aromatic heterocycles. The summed E-state index contributed by atoms with van der Waals surface area (Å²) in [5.74, 6) is -1.12. The van der Waals surface area contributed by atoms with Crippen molar-refractivity contribution >= 4 is 27.3 Å². The lowest BCUT2D eigenvalue weighted by molar-refractivity contribution is 0.0702. The molecule has 1 fully saturated rings. The van der Waals surface area contributed by atoms with Crippen LogP contribution in [0.5, 0.6) is 0 Å². The Morgan fingerprint density at radius 3 is 2.81 bits per heavy atom. The van der Waals surface area contributed by atoms with Gasteiger partial charge in [-0.15, -0.1) is 11.3 Å². The van der Waals surface area contributed by atoms with Crippen LogP contribution in [0.3, 0.4) is 0 Å². The van der Waals surface area contributed by atoms with Crippen molar-refractivity contribution in [2.75, 3.05) is 40.3 Å². The zero-order valence-electron chi connectivity index (χ0n) is 11.9. The first kappa shape index (κ1) is 16.4. The molecule has 1 atom stereocenters. The lowest BCUT2D eigenvalue weighted by atomic mass is 10.2. The largest absolute Gasteiger partial charge is 0.477 e. The van der Waals surface area contributed by atoms with E-state index in [1.807, 2.05) is 14.1 Å². The molecule has 2 N–H and O–H groups in total. The van der Waals surface area contributed by atoms with Crippen LogP contribution in [0.2, 0.25) is 0 Å².